The minimum absolute atomic E-state index is 0.121. The Morgan fingerprint density at radius 1 is 1.38 bits per heavy atom. The summed E-state index contributed by atoms with van der Waals surface area (Å²) in [5, 5.41) is 13.2. The highest BCUT2D eigenvalue weighted by molar-refractivity contribution is 5.25. The molecule has 1 rings (SSSR count). The van der Waals surface area contributed by atoms with Gasteiger partial charge in [0.1, 0.15) is 5.82 Å². The van der Waals surface area contributed by atoms with E-state index in [-0.39, 0.29) is 11.9 Å². The second-order valence-electron chi connectivity index (χ2n) is 6.32. The van der Waals surface area contributed by atoms with Gasteiger partial charge in [-0.05, 0) is 58.0 Å². The summed E-state index contributed by atoms with van der Waals surface area (Å²) in [5.41, 5.74) is 0.951. The molecule has 1 atom stereocenters. The van der Waals surface area contributed by atoms with Crippen molar-refractivity contribution in [2.45, 2.75) is 45.8 Å². The van der Waals surface area contributed by atoms with Gasteiger partial charge in [0.2, 0.25) is 0 Å². The highest BCUT2D eigenvalue weighted by Gasteiger charge is 2.18. The number of benzene rings is 1. The zero-order valence-corrected chi connectivity index (χ0v) is 13.9. The van der Waals surface area contributed by atoms with Crippen LogP contribution in [-0.4, -0.2) is 42.3 Å². The molecule has 0 saturated heterocycles. The minimum Gasteiger partial charge on any atom is -0.389 e. The molecule has 120 valence electrons. The summed E-state index contributed by atoms with van der Waals surface area (Å²) in [6.45, 7) is 9.90. The highest BCUT2D eigenvalue weighted by Crippen LogP contribution is 2.20. The maximum absolute atomic E-state index is 13.7. The topological polar surface area (TPSA) is 35.5 Å². The molecule has 0 heterocycles. The molecule has 0 aliphatic carbocycles. The second kappa shape index (κ2) is 7.87. The van der Waals surface area contributed by atoms with Gasteiger partial charge in [-0.25, -0.2) is 4.39 Å². The molecule has 0 amide bonds. The maximum atomic E-state index is 13.7. The SMILES string of the molecule is CCN(CCC(NC)c1ccc(C)c(F)c1)CC(C)(C)O. The largest absolute Gasteiger partial charge is 0.389 e. The predicted octanol–water partition coefficient (Wildman–Crippen LogP) is 2.88. The van der Waals surface area contributed by atoms with Crippen molar-refractivity contribution < 1.29 is 9.50 Å². The molecular formula is C17H29FN2O. The van der Waals surface area contributed by atoms with Crippen LogP contribution < -0.4 is 5.32 Å². The molecule has 0 aliphatic heterocycles. The van der Waals surface area contributed by atoms with E-state index in [9.17, 15) is 9.50 Å². The summed E-state index contributed by atoms with van der Waals surface area (Å²) >= 11 is 0. The second-order valence-corrected chi connectivity index (χ2v) is 6.32. The summed E-state index contributed by atoms with van der Waals surface area (Å²) in [6, 6.07) is 5.54. The number of rotatable bonds is 8. The Balaban J connectivity index is 2.67. The number of hydrogen-bond acceptors (Lipinski definition) is 3. The van der Waals surface area contributed by atoms with E-state index in [1.807, 2.05) is 33.0 Å². The summed E-state index contributed by atoms with van der Waals surface area (Å²) < 4.78 is 13.7. The molecule has 0 aromatic heterocycles. The summed E-state index contributed by atoms with van der Waals surface area (Å²) in [4.78, 5) is 2.22. The normalized spacial score (nSPS) is 13.7. The lowest BCUT2D eigenvalue weighted by Crippen LogP contribution is -2.39. The number of halogens is 1. The first kappa shape index (κ1) is 18.1. The van der Waals surface area contributed by atoms with Crippen molar-refractivity contribution >= 4 is 0 Å². The molecular weight excluding hydrogens is 267 g/mol. The van der Waals surface area contributed by atoms with E-state index >= 15 is 0 Å². The van der Waals surface area contributed by atoms with Crippen LogP contribution in [0, 0.1) is 12.7 Å². The quantitative estimate of drug-likeness (QED) is 0.774. The molecule has 0 radical (unpaired) electrons. The Kier molecular flexibility index (Phi) is 6.78. The Bertz CT molecular complexity index is 443. The van der Waals surface area contributed by atoms with Crippen molar-refractivity contribution in [1.29, 1.82) is 0 Å². The van der Waals surface area contributed by atoms with Crippen molar-refractivity contribution in [3.63, 3.8) is 0 Å². The third kappa shape index (κ3) is 6.12. The molecule has 0 saturated carbocycles. The number of nitrogens with one attached hydrogen (secondary N) is 1. The summed E-state index contributed by atoms with van der Waals surface area (Å²) in [5.74, 6) is -0.156. The van der Waals surface area contributed by atoms with Gasteiger partial charge in [-0.3, -0.25) is 0 Å². The van der Waals surface area contributed by atoms with Crippen LogP contribution in [0.15, 0.2) is 18.2 Å². The molecule has 0 bridgehead atoms. The first-order valence-electron chi connectivity index (χ1n) is 7.65. The maximum Gasteiger partial charge on any atom is 0.126 e. The third-order valence-corrected chi connectivity index (χ3v) is 3.74. The third-order valence-electron chi connectivity index (χ3n) is 3.74. The van der Waals surface area contributed by atoms with E-state index < -0.39 is 5.60 Å². The standard InChI is InChI=1S/C17H29FN2O/c1-6-20(12-17(3,4)21)10-9-16(19-5)14-8-7-13(2)15(18)11-14/h7-8,11,16,19,21H,6,9-10,12H2,1-5H3. The van der Waals surface area contributed by atoms with Gasteiger partial charge in [-0.1, -0.05) is 19.1 Å². The summed E-state index contributed by atoms with van der Waals surface area (Å²) in [7, 11) is 1.90. The van der Waals surface area contributed by atoms with Crippen molar-refractivity contribution in [1.82, 2.24) is 10.2 Å². The Hall–Kier alpha value is -0.970. The molecule has 0 aliphatic rings. The minimum atomic E-state index is -0.693. The average molecular weight is 296 g/mol. The van der Waals surface area contributed by atoms with Gasteiger partial charge in [0.25, 0.3) is 0 Å². The zero-order valence-electron chi connectivity index (χ0n) is 13.9. The zero-order chi connectivity index (χ0) is 16.0. The van der Waals surface area contributed by atoms with Crippen LogP contribution in [-0.2, 0) is 0 Å². The van der Waals surface area contributed by atoms with E-state index in [2.05, 4.69) is 17.1 Å². The van der Waals surface area contributed by atoms with Crippen LogP contribution >= 0.6 is 0 Å². The van der Waals surface area contributed by atoms with E-state index in [1.165, 1.54) is 0 Å². The van der Waals surface area contributed by atoms with Crippen LogP contribution in [0.3, 0.4) is 0 Å². The lowest BCUT2D eigenvalue weighted by atomic mass is 10.0. The van der Waals surface area contributed by atoms with Gasteiger partial charge < -0.3 is 15.3 Å². The molecule has 3 nitrogen and oxygen atoms in total. The molecule has 4 heteroatoms. The first-order valence-corrected chi connectivity index (χ1v) is 7.65. The fourth-order valence-electron chi connectivity index (χ4n) is 2.51. The van der Waals surface area contributed by atoms with Gasteiger partial charge in [0.05, 0.1) is 5.60 Å². The lowest BCUT2D eigenvalue weighted by molar-refractivity contribution is 0.0367. The van der Waals surface area contributed by atoms with E-state index in [0.29, 0.717) is 12.1 Å². The van der Waals surface area contributed by atoms with Crippen molar-refractivity contribution in [2.75, 3.05) is 26.7 Å². The molecule has 0 fully saturated rings. The molecule has 2 N–H and O–H groups in total. The number of aliphatic hydroxyl groups is 1. The fraction of sp³-hybridized carbons (Fsp3) is 0.647. The van der Waals surface area contributed by atoms with Crippen LogP contribution in [0.5, 0.6) is 0 Å². The van der Waals surface area contributed by atoms with Crippen LogP contribution in [0.1, 0.15) is 44.4 Å². The van der Waals surface area contributed by atoms with Crippen molar-refractivity contribution in [3.8, 4) is 0 Å². The number of nitrogens with zero attached hydrogens (tertiary/aromatic N) is 1. The Labute approximate surface area is 128 Å². The van der Waals surface area contributed by atoms with Gasteiger partial charge in [0.15, 0.2) is 0 Å². The molecule has 1 unspecified atom stereocenters. The number of likely N-dealkylation sites (N-methyl/N-ethyl adjacent to an activating group) is 1. The molecule has 1 aromatic rings. The van der Waals surface area contributed by atoms with Gasteiger partial charge >= 0.3 is 0 Å². The van der Waals surface area contributed by atoms with E-state index in [4.69, 9.17) is 0 Å². The smallest absolute Gasteiger partial charge is 0.126 e. The van der Waals surface area contributed by atoms with Crippen LogP contribution in [0.2, 0.25) is 0 Å². The monoisotopic (exact) mass is 296 g/mol. The fourth-order valence-corrected chi connectivity index (χ4v) is 2.51. The van der Waals surface area contributed by atoms with E-state index in [1.54, 1.807) is 13.0 Å². The van der Waals surface area contributed by atoms with Crippen molar-refractivity contribution in [3.05, 3.63) is 35.1 Å². The summed E-state index contributed by atoms with van der Waals surface area (Å²) in [6.07, 6.45) is 0.878. The lowest BCUT2D eigenvalue weighted by Gasteiger charge is -2.29. The molecule has 1 aromatic carbocycles. The molecule has 0 spiro atoms. The van der Waals surface area contributed by atoms with Gasteiger partial charge in [-0.2, -0.15) is 0 Å². The Morgan fingerprint density at radius 2 is 2.05 bits per heavy atom. The van der Waals surface area contributed by atoms with Crippen LogP contribution in [0.25, 0.3) is 0 Å². The highest BCUT2D eigenvalue weighted by atomic mass is 19.1. The first-order chi connectivity index (χ1) is 9.76. The Morgan fingerprint density at radius 3 is 2.52 bits per heavy atom. The van der Waals surface area contributed by atoms with Crippen molar-refractivity contribution in [2.24, 2.45) is 0 Å². The number of aryl methyl sites for hydroxylation is 1. The predicted molar refractivity (Wildman–Crippen MR) is 86.0 cm³/mol. The average Bonchev–Trinajstić information content (AvgIpc) is 2.40. The van der Waals surface area contributed by atoms with Crippen LogP contribution in [0.4, 0.5) is 4.39 Å². The van der Waals surface area contributed by atoms with Gasteiger partial charge in [0, 0.05) is 19.1 Å². The van der Waals surface area contributed by atoms with E-state index in [0.717, 1.165) is 25.1 Å². The number of hydrogen-bond donors (Lipinski definition) is 2. The molecule has 21 heavy (non-hydrogen) atoms. The van der Waals surface area contributed by atoms with Gasteiger partial charge in [-0.15, -0.1) is 0 Å².